The molecule has 33 heavy (non-hydrogen) atoms. The molecule has 0 aromatic heterocycles. The minimum Gasteiger partial charge on any atom is -0.497 e. The van der Waals surface area contributed by atoms with E-state index in [2.05, 4.69) is 5.32 Å². The maximum absolute atomic E-state index is 13.5. The normalized spacial score (nSPS) is 15.5. The molecular formula is C27H26N2O3S. The molecule has 1 aliphatic heterocycles. The summed E-state index contributed by atoms with van der Waals surface area (Å²) in [6.45, 7) is 0. The molecule has 0 bridgehead atoms. The zero-order valence-electron chi connectivity index (χ0n) is 18.5. The Balaban J connectivity index is 1.42. The van der Waals surface area contributed by atoms with Crippen molar-refractivity contribution in [1.29, 1.82) is 0 Å². The van der Waals surface area contributed by atoms with E-state index in [1.165, 1.54) is 0 Å². The van der Waals surface area contributed by atoms with Crippen molar-refractivity contribution in [3.8, 4) is 5.75 Å². The van der Waals surface area contributed by atoms with Crippen LogP contribution in [0.1, 0.15) is 41.6 Å². The largest absolute Gasteiger partial charge is 0.497 e. The molecule has 2 amide bonds. The van der Waals surface area contributed by atoms with E-state index in [4.69, 9.17) is 4.74 Å². The quantitative estimate of drug-likeness (QED) is 0.515. The van der Waals surface area contributed by atoms with Crippen LogP contribution in [0.3, 0.4) is 0 Å². The first kappa shape index (κ1) is 21.6. The lowest BCUT2D eigenvalue weighted by Gasteiger charge is -2.29. The van der Waals surface area contributed by atoms with Crippen LogP contribution in [-0.2, 0) is 11.2 Å². The molecule has 0 saturated heterocycles. The molecule has 1 fully saturated rings. The van der Waals surface area contributed by atoms with Gasteiger partial charge in [-0.3, -0.25) is 9.59 Å². The first-order valence-corrected chi connectivity index (χ1v) is 12.1. The van der Waals surface area contributed by atoms with Crippen molar-refractivity contribution in [3.05, 3.63) is 77.9 Å². The number of hydrogen-bond donors (Lipinski definition) is 1. The van der Waals surface area contributed by atoms with Gasteiger partial charge in [0.05, 0.1) is 24.8 Å². The topological polar surface area (TPSA) is 58.6 Å². The summed E-state index contributed by atoms with van der Waals surface area (Å²) in [4.78, 5) is 30.1. The number of amides is 2. The van der Waals surface area contributed by atoms with Crippen LogP contribution >= 0.6 is 11.8 Å². The fourth-order valence-electron chi connectivity index (χ4n) is 4.62. The number of methoxy groups -OCH3 is 1. The van der Waals surface area contributed by atoms with Crippen molar-refractivity contribution in [1.82, 2.24) is 0 Å². The Morgan fingerprint density at radius 2 is 1.79 bits per heavy atom. The summed E-state index contributed by atoms with van der Waals surface area (Å²) in [5.74, 6) is 0.756. The van der Waals surface area contributed by atoms with Crippen LogP contribution in [0.2, 0.25) is 0 Å². The summed E-state index contributed by atoms with van der Waals surface area (Å²) in [6, 6.07) is 21.4. The molecule has 0 atom stereocenters. The zero-order chi connectivity index (χ0) is 22.8. The number of carbonyl (C=O) groups is 2. The second-order valence-electron chi connectivity index (χ2n) is 8.47. The average molecular weight is 459 g/mol. The van der Waals surface area contributed by atoms with Gasteiger partial charge in [0.15, 0.2) is 0 Å². The van der Waals surface area contributed by atoms with Gasteiger partial charge in [0.2, 0.25) is 5.91 Å². The maximum atomic E-state index is 13.5. The molecule has 1 heterocycles. The molecule has 0 unspecified atom stereocenters. The van der Waals surface area contributed by atoms with Crippen molar-refractivity contribution < 1.29 is 14.3 Å². The van der Waals surface area contributed by atoms with Crippen molar-refractivity contribution in [2.24, 2.45) is 0 Å². The van der Waals surface area contributed by atoms with E-state index >= 15 is 0 Å². The Morgan fingerprint density at radius 1 is 1.03 bits per heavy atom. The molecule has 0 radical (unpaired) electrons. The molecular weight excluding hydrogens is 432 g/mol. The first-order valence-electron chi connectivity index (χ1n) is 11.3. The van der Waals surface area contributed by atoms with Crippen LogP contribution in [-0.4, -0.2) is 25.0 Å². The zero-order valence-corrected chi connectivity index (χ0v) is 19.4. The summed E-state index contributed by atoms with van der Waals surface area (Å²) >= 11 is 1.59. The van der Waals surface area contributed by atoms with Gasteiger partial charge in [0, 0.05) is 21.5 Å². The van der Waals surface area contributed by atoms with Gasteiger partial charge in [-0.1, -0.05) is 48.9 Å². The minimum absolute atomic E-state index is 0.0695. The van der Waals surface area contributed by atoms with Crippen LogP contribution in [0.5, 0.6) is 5.75 Å². The van der Waals surface area contributed by atoms with Crippen LogP contribution in [0, 0.1) is 0 Å². The smallest absolute Gasteiger partial charge is 0.259 e. The van der Waals surface area contributed by atoms with Crippen LogP contribution in [0.25, 0.3) is 0 Å². The van der Waals surface area contributed by atoms with E-state index in [-0.39, 0.29) is 24.3 Å². The summed E-state index contributed by atoms with van der Waals surface area (Å²) in [5.41, 5.74) is 3.33. The third-order valence-electron chi connectivity index (χ3n) is 6.27. The highest BCUT2D eigenvalue weighted by Crippen LogP contribution is 2.44. The molecule has 5 nitrogen and oxygen atoms in total. The fraction of sp³-hybridized carbons (Fsp3) is 0.259. The number of anilines is 2. The standard InChI is InChI=1S/C27H26N2O3S/c1-32-21-13-10-18(11-14-21)16-26(30)28-19-12-15-23-25(17-19)33-24-9-5-4-8-22(24)27(31)29(23)20-6-2-3-7-20/h4-5,8-15,17,20H,2-3,6-7,16H2,1H3,(H,28,30). The van der Waals surface area contributed by atoms with Crippen molar-refractivity contribution in [2.75, 3.05) is 17.3 Å². The summed E-state index contributed by atoms with van der Waals surface area (Å²) in [5, 5.41) is 3.02. The van der Waals surface area contributed by atoms with Gasteiger partial charge in [0.25, 0.3) is 5.91 Å². The number of benzene rings is 3. The number of rotatable bonds is 5. The molecule has 1 saturated carbocycles. The molecule has 2 aliphatic rings. The van der Waals surface area contributed by atoms with Gasteiger partial charge < -0.3 is 15.0 Å². The highest BCUT2D eigenvalue weighted by atomic mass is 32.2. The number of fused-ring (bicyclic) bond motifs is 2. The van der Waals surface area contributed by atoms with Crippen molar-refractivity contribution in [2.45, 2.75) is 47.9 Å². The molecule has 1 N–H and O–H groups in total. The van der Waals surface area contributed by atoms with Crippen molar-refractivity contribution in [3.63, 3.8) is 0 Å². The average Bonchev–Trinajstić information content (AvgIpc) is 3.32. The van der Waals surface area contributed by atoms with E-state index < -0.39 is 0 Å². The van der Waals surface area contributed by atoms with E-state index in [9.17, 15) is 9.59 Å². The number of nitrogens with zero attached hydrogens (tertiary/aromatic N) is 1. The van der Waals surface area contributed by atoms with Gasteiger partial charge in [-0.15, -0.1) is 0 Å². The lowest BCUT2D eigenvalue weighted by molar-refractivity contribution is -0.115. The SMILES string of the molecule is COc1ccc(CC(=O)Nc2ccc3c(c2)Sc2ccccc2C(=O)N3C2CCCC2)cc1. The molecule has 6 heteroatoms. The first-order chi connectivity index (χ1) is 16.1. The number of nitrogens with one attached hydrogen (secondary N) is 1. The molecule has 168 valence electrons. The summed E-state index contributed by atoms with van der Waals surface area (Å²) in [7, 11) is 1.62. The second-order valence-corrected chi connectivity index (χ2v) is 9.55. The Hall–Kier alpha value is -3.25. The van der Waals surface area contributed by atoms with Gasteiger partial charge in [0.1, 0.15) is 5.75 Å². The van der Waals surface area contributed by atoms with E-state index in [1.54, 1.807) is 18.9 Å². The molecule has 0 spiro atoms. The highest BCUT2D eigenvalue weighted by molar-refractivity contribution is 7.99. The lowest BCUT2D eigenvalue weighted by atomic mass is 10.1. The van der Waals surface area contributed by atoms with E-state index in [1.807, 2.05) is 71.6 Å². The number of ether oxygens (including phenoxy) is 1. The minimum atomic E-state index is -0.0807. The summed E-state index contributed by atoms with van der Waals surface area (Å²) in [6.07, 6.45) is 4.64. The number of hydrogen-bond acceptors (Lipinski definition) is 4. The Kier molecular flexibility index (Phi) is 6.09. The molecule has 3 aromatic rings. The predicted octanol–water partition coefficient (Wildman–Crippen LogP) is 5.93. The third kappa shape index (κ3) is 4.48. The maximum Gasteiger partial charge on any atom is 0.259 e. The van der Waals surface area contributed by atoms with Crippen LogP contribution in [0.15, 0.2) is 76.5 Å². The Morgan fingerprint density at radius 3 is 2.55 bits per heavy atom. The Labute approximate surface area is 198 Å². The van der Waals surface area contributed by atoms with Crippen LogP contribution in [0.4, 0.5) is 11.4 Å². The molecule has 5 rings (SSSR count). The molecule has 1 aliphatic carbocycles. The van der Waals surface area contributed by atoms with Gasteiger partial charge >= 0.3 is 0 Å². The number of carbonyl (C=O) groups excluding carboxylic acids is 2. The monoisotopic (exact) mass is 458 g/mol. The lowest BCUT2D eigenvalue weighted by Crippen LogP contribution is -2.39. The van der Waals surface area contributed by atoms with Gasteiger partial charge in [-0.05, 0) is 60.9 Å². The Bertz CT molecular complexity index is 1190. The van der Waals surface area contributed by atoms with Gasteiger partial charge in [-0.25, -0.2) is 0 Å². The van der Waals surface area contributed by atoms with E-state index in [0.717, 1.165) is 63.7 Å². The van der Waals surface area contributed by atoms with E-state index in [0.29, 0.717) is 0 Å². The second kappa shape index (κ2) is 9.32. The predicted molar refractivity (Wildman–Crippen MR) is 131 cm³/mol. The van der Waals surface area contributed by atoms with Crippen LogP contribution < -0.4 is 15.0 Å². The fourth-order valence-corrected chi connectivity index (χ4v) is 5.73. The highest BCUT2D eigenvalue weighted by Gasteiger charge is 2.34. The molecule has 3 aromatic carbocycles. The summed E-state index contributed by atoms with van der Waals surface area (Å²) < 4.78 is 5.18. The van der Waals surface area contributed by atoms with Gasteiger partial charge in [-0.2, -0.15) is 0 Å². The van der Waals surface area contributed by atoms with Crippen molar-refractivity contribution >= 4 is 35.0 Å². The third-order valence-corrected chi connectivity index (χ3v) is 7.40.